The molecule has 13 heteroatoms. The lowest BCUT2D eigenvalue weighted by molar-refractivity contribution is -0.192. The topological polar surface area (TPSA) is 70.7 Å². The zero-order valence-electron chi connectivity index (χ0n) is 12.4. The van der Waals surface area contributed by atoms with Gasteiger partial charge in [0, 0.05) is 12.1 Å². The monoisotopic (exact) mass is 376 g/mol. The largest absolute Gasteiger partial charge is 0.435 e. The highest BCUT2D eigenvalue weighted by atomic mass is 19.4. The molecule has 0 aliphatic carbocycles. The number of hydrogen-bond donors (Lipinski definition) is 1. The molecule has 2 rings (SSSR count). The van der Waals surface area contributed by atoms with Crippen molar-refractivity contribution in [3.8, 4) is 0 Å². The van der Waals surface area contributed by atoms with Crippen molar-refractivity contribution in [3.63, 3.8) is 0 Å². The molecule has 25 heavy (non-hydrogen) atoms. The van der Waals surface area contributed by atoms with E-state index >= 15 is 0 Å². The summed E-state index contributed by atoms with van der Waals surface area (Å²) in [6.45, 7) is 0.170. The molecule has 1 atom stereocenters. The number of carbonyl (C=O) groups excluding carboxylic acids is 1. The van der Waals surface area contributed by atoms with E-state index in [-0.39, 0.29) is 10.7 Å². The molecule has 0 fully saturated rings. The Morgan fingerprint density at radius 3 is 2.40 bits per heavy atom. The van der Waals surface area contributed by atoms with Gasteiger partial charge >= 0.3 is 6.18 Å². The summed E-state index contributed by atoms with van der Waals surface area (Å²) >= 11 is 0. The fourth-order valence-electron chi connectivity index (χ4n) is 2.16. The third-order valence-corrected chi connectivity index (χ3v) is 3.43. The first-order chi connectivity index (χ1) is 11.4. The van der Waals surface area contributed by atoms with Crippen LogP contribution in [0, 0.1) is 6.92 Å². The molecule has 1 amide bonds. The van der Waals surface area contributed by atoms with Gasteiger partial charge in [0.15, 0.2) is 5.69 Å². The van der Waals surface area contributed by atoms with E-state index in [0.29, 0.717) is 10.7 Å². The summed E-state index contributed by atoms with van der Waals surface area (Å²) in [6.07, 6.45) is -13.0. The second kappa shape index (κ2) is 6.28. The Bertz CT molecular complexity index is 700. The van der Waals surface area contributed by atoms with Crippen molar-refractivity contribution in [2.45, 2.75) is 44.6 Å². The molecule has 1 aromatic heterocycles. The molecule has 1 aliphatic heterocycles. The van der Waals surface area contributed by atoms with Crippen LogP contribution < -0.4 is 0 Å². The fourth-order valence-corrected chi connectivity index (χ4v) is 2.16. The number of hydrogen-bond acceptors (Lipinski definition) is 4. The van der Waals surface area contributed by atoms with Gasteiger partial charge in [-0.15, -0.1) is 0 Å². The molecule has 0 saturated heterocycles. The molecule has 1 aromatic rings. The minimum absolute atomic E-state index is 0.126. The lowest BCUT2D eigenvalue weighted by Gasteiger charge is -2.30. The molecule has 0 aromatic carbocycles. The predicted octanol–water partition coefficient (Wildman–Crippen LogP) is 2.02. The predicted molar refractivity (Wildman–Crippen MR) is 67.8 cm³/mol. The molecule has 0 spiro atoms. The maximum Gasteiger partial charge on any atom is 0.435 e. The maximum atomic E-state index is 13.0. The zero-order valence-corrected chi connectivity index (χ0v) is 12.4. The van der Waals surface area contributed by atoms with E-state index in [0.717, 1.165) is 0 Å². The van der Waals surface area contributed by atoms with Gasteiger partial charge in [-0.1, -0.05) is 0 Å². The minimum Gasteiger partial charge on any atom is -0.364 e. The Morgan fingerprint density at radius 2 is 1.96 bits per heavy atom. The van der Waals surface area contributed by atoms with E-state index in [1.807, 2.05) is 0 Å². The third kappa shape index (κ3) is 3.60. The molecule has 140 valence electrons. The summed E-state index contributed by atoms with van der Waals surface area (Å²) in [5.74, 6) is -1.42. The van der Waals surface area contributed by atoms with Gasteiger partial charge in [0.1, 0.15) is 12.3 Å². The number of aliphatic hydroxyl groups is 1. The summed E-state index contributed by atoms with van der Waals surface area (Å²) in [4.78, 5) is 12.1. The van der Waals surface area contributed by atoms with Crippen LogP contribution in [0.2, 0.25) is 0 Å². The molecule has 2 heterocycles. The number of hydrazone groups is 1. The van der Waals surface area contributed by atoms with Crippen molar-refractivity contribution in [2.24, 2.45) is 5.10 Å². The Hall–Kier alpha value is -2.18. The summed E-state index contributed by atoms with van der Waals surface area (Å²) in [5, 5.41) is 15.7. The lowest BCUT2D eigenvalue weighted by Crippen LogP contribution is -2.52. The number of nitrogens with zero attached hydrogens (tertiary/aromatic N) is 4. The first-order valence-corrected chi connectivity index (χ1v) is 6.67. The van der Waals surface area contributed by atoms with Gasteiger partial charge in [0.25, 0.3) is 18.8 Å². The zero-order chi connectivity index (χ0) is 19.2. The molecular formula is C12H11F7N4O2. The van der Waals surface area contributed by atoms with E-state index in [4.69, 9.17) is 0 Å². The maximum absolute atomic E-state index is 13.0. The second-order valence-electron chi connectivity index (χ2n) is 5.28. The standard InChI is InChI=1S/C12H11F7N4O2/c1-5-2-7(12(17,18)19)21-22(5)4-8(24)23-11(25,10(15)16)3-6(20-23)9(13)14/h2,9-10,25H,3-4H2,1H3/t11-/m1/s1. The van der Waals surface area contributed by atoms with Gasteiger partial charge in [-0.3, -0.25) is 9.48 Å². The highest BCUT2D eigenvalue weighted by molar-refractivity contribution is 5.92. The molecule has 0 radical (unpaired) electrons. The van der Waals surface area contributed by atoms with Gasteiger partial charge < -0.3 is 5.11 Å². The average Bonchev–Trinajstić information content (AvgIpc) is 3.01. The molecule has 0 unspecified atom stereocenters. The van der Waals surface area contributed by atoms with E-state index in [1.54, 1.807) is 0 Å². The molecular weight excluding hydrogens is 365 g/mol. The minimum atomic E-state index is -4.79. The third-order valence-electron chi connectivity index (χ3n) is 3.43. The summed E-state index contributed by atoms with van der Waals surface area (Å²) in [5.41, 5.74) is -5.88. The summed E-state index contributed by atoms with van der Waals surface area (Å²) in [7, 11) is 0. The number of aromatic nitrogens is 2. The highest BCUT2D eigenvalue weighted by Crippen LogP contribution is 2.33. The Labute approximate surface area is 135 Å². The van der Waals surface area contributed by atoms with Gasteiger partial charge in [0.05, 0.1) is 0 Å². The average molecular weight is 376 g/mol. The fraction of sp³-hybridized carbons (Fsp3) is 0.583. The quantitative estimate of drug-likeness (QED) is 0.818. The van der Waals surface area contributed by atoms with E-state index in [2.05, 4.69) is 10.2 Å². The summed E-state index contributed by atoms with van der Waals surface area (Å²) in [6, 6.07) is 0.616. The van der Waals surface area contributed by atoms with Gasteiger partial charge in [-0.2, -0.15) is 28.4 Å². The van der Waals surface area contributed by atoms with E-state index < -0.39 is 55.0 Å². The molecule has 0 saturated carbocycles. The first-order valence-electron chi connectivity index (χ1n) is 6.67. The van der Waals surface area contributed by atoms with Gasteiger partial charge in [-0.25, -0.2) is 17.6 Å². The van der Waals surface area contributed by atoms with Gasteiger partial charge in [0.2, 0.25) is 5.72 Å². The van der Waals surface area contributed by atoms with Crippen molar-refractivity contribution in [3.05, 3.63) is 17.5 Å². The van der Waals surface area contributed by atoms with Crippen LogP contribution in [-0.4, -0.2) is 50.1 Å². The van der Waals surface area contributed by atoms with Crippen molar-refractivity contribution in [2.75, 3.05) is 0 Å². The smallest absolute Gasteiger partial charge is 0.364 e. The number of aryl methyl sites for hydroxylation is 1. The van der Waals surface area contributed by atoms with Crippen LogP contribution in [0.5, 0.6) is 0 Å². The van der Waals surface area contributed by atoms with Crippen molar-refractivity contribution in [1.82, 2.24) is 14.8 Å². The van der Waals surface area contributed by atoms with Crippen molar-refractivity contribution >= 4 is 11.6 Å². The van der Waals surface area contributed by atoms with Crippen LogP contribution >= 0.6 is 0 Å². The number of rotatable bonds is 4. The molecule has 6 nitrogen and oxygen atoms in total. The van der Waals surface area contributed by atoms with Crippen molar-refractivity contribution in [1.29, 1.82) is 0 Å². The van der Waals surface area contributed by atoms with Crippen LogP contribution in [0.4, 0.5) is 30.7 Å². The number of halogens is 7. The highest BCUT2D eigenvalue weighted by Gasteiger charge is 2.53. The van der Waals surface area contributed by atoms with E-state index in [9.17, 15) is 40.6 Å². The number of carbonyl (C=O) groups is 1. The SMILES string of the molecule is Cc1cc(C(F)(F)F)nn1CC(=O)N1N=C(C(F)F)C[C@@]1(O)C(F)F. The van der Waals surface area contributed by atoms with E-state index in [1.165, 1.54) is 6.92 Å². The van der Waals surface area contributed by atoms with Crippen LogP contribution in [0.25, 0.3) is 0 Å². The van der Waals surface area contributed by atoms with Gasteiger partial charge in [-0.05, 0) is 13.0 Å². The van der Waals surface area contributed by atoms with Crippen molar-refractivity contribution < 1.29 is 40.6 Å². The normalized spacial score (nSPS) is 21.4. The first kappa shape index (κ1) is 19.1. The van der Waals surface area contributed by atoms with Crippen LogP contribution in [-0.2, 0) is 17.5 Å². The van der Waals surface area contributed by atoms with Crippen LogP contribution in [0.1, 0.15) is 17.8 Å². The molecule has 0 bridgehead atoms. The Morgan fingerprint density at radius 1 is 1.36 bits per heavy atom. The van der Waals surface area contributed by atoms with Crippen LogP contribution in [0.15, 0.2) is 11.2 Å². The van der Waals surface area contributed by atoms with Crippen LogP contribution in [0.3, 0.4) is 0 Å². The number of amides is 1. The molecule has 1 N–H and O–H groups in total. The Balaban J connectivity index is 2.28. The molecule has 1 aliphatic rings. The summed E-state index contributed by atoms with van der Waals surface area (Å²) < 4.78 is 89.6. The second-order valence-corrected chi connectivity index (χ2v) is 5.28. The Kier molecular flexibility index (Phi) is 4.81. The lowest BCUT2D eigenvalue weighted by atomic mass is 10.1. The number of alkyl halides is 7.